The van der Waals surface area contributed by atoms with Crippen LogP contribution in [0.2, 0.25) is 0 Å². The minimum absolute atomic E-state index is 0.139. The standard InChI is InChI=1S/C27H23NO5S/c1-18-7-11-20(12-8-18)26(30)33-23-6-4-3-5-21(23)17-24-25(29)28(27(31)34-24)15-16-32-22-13-9-19(2)10-14-22/h3-14,17H,15-16H2,1-2H3/b24-17-. The number of benzene rings is 3. The lowest BCUT2D eigenvalue weighted by Crippen LogP contribution is -2.32. The van der Waals surface area contributed by atoms with Gasteiger partial charge >= 0.3 is 5.97 Å². The van der Waals surface area contributed by atoms with Gasteiger partial charge in [-0.3, -0.25) is 14.5 Å². The number of para-hydroxylation sites is 1. The molecule has 1 aliphatic rings. The van der Waals surface area contributed by atoms with Gasteiger partial charge in [0.05, 0.1) is 17.0 Å². The highest BCUT2D eigenvalue weighted by atomic mass is 32.2. The third-order valence-electron chi connectivity index (χ3n) is 5.17. The number of amides is 2. The summed E-state index contributed by atoms with van der Waals surface area (Å²) in [6, 6.07) is 21.5. The zero-order valence-electron chi connectivity index (χ0n) is 18.8. The second-order valence-corrected chi connectivity index (χ2v) is 8.78. The van der Waals surface area contributed by atoms with E-state index in [0.717, 1.165) is 27.8 Å². The Morgan fingerprint density at radius 2 is 1.56 bits per heavy atom. The second kappa shape index (κ2) is 10.4. The van der Waals surface area contributed by atoms with Crippen LogP contribution in [0.3, 0.4) is 0 Å². The molecule has 0 bridgehead atoms. The van der Waals surface area contributed by atoms with Crippen LogP contribution >= 0.6 is 11.8 Å². The summed E-state index contributed by atoms with van der Waals surface area (Å²) < 4.78 is 11.2. The Balaban J connectivity index is 1.44. The van der Waals surface area contributed by atoms with Gasteiger partial charge in [-0.1, -0.05) is 53.6 Å². The molecule has 1 aliphatic heterocycles. The van der Waals surface area contributed by atoms with Crippen molar-refractivity contribution in [3.05, 3.63) is 100.0 Å². The highest BCUT2D eigenvalue weighted by Gasteiger charge is 2.35. The fourth-order valence-corrected chi connectivity index (χ4v) is 4.12. The highest BCUT2D eigenvalue weighted by Crippen LogP contribution is 2.34. The number of carbonyl (C=O) groups excluding carboxylic acids is 3. The average Bonchev–Trinajstić information content (AvgIpc) is 3.09. The molecule has 34 heavy (non-hydrogen) atoms. The van der Waals surface area contributed by atoms with Crippen molar-refractivity contribution in [1.82, 2.24) is 4.90 Å². The van der Waals surface area contributed by atoms with Gasteiger partial charge in [-0.2, -0.15) is 0 Å². The molecule has 0 unspecified atom stereocenters. The molecule has 1 saturated heterocycles. The lowest BCUT2D eigenvalue weighted by molar-refractivity contribution is -0.123. The van der Waals surface area contributed by atoms with E-state index in [2.05, 4.69) is 0 Å². The van der Waals surface area contributed by atoms with Gasteiger partial charge in [0.2, 0.25) is 0 Å². The third kappa shape index (κ3) is 5.55. The van der Waals surface area contributed by atoms with Crippen LogP contribution in [0.5, 0.6) is 11.5 Å². The number of carbonyl (C=O) groups is 3. The minimum atomic E-state index is -0.498. The Bertz CT molecular complexity index is 1250. The van der Waals surface area contributed by atoms with E-state index in [1.165, 1.54) is 0 Å². The van der Waals surface area contributed by atoms with Crippen LogP contribution in [-0.2, 0) is 4.79 Å². The fourth-order valence-electron chi connectivity index (χ4n) is 3.26. The molecule has 0 aromatic heterocycles. The molecule has 1 heterocycles. The molecule has 0 spiro atoms. The molecule has 6 nitrogen and oxygen atoms in total. The normalized spacial score (nSPS) is 14.5. The van der Waals surface area contributed by atoms with E-state index in [1.807, 2.05) is 50.2 Å². The van der Waals surface area contributed by atoms with E-state index in [9.17, 15) is 14.4 Å². The molecule has 172 valence electrons. The van der Waals surface area contributed by atoms with E-state index in [0.29, 0.717) is 22.6 Å². The predicted octanol–water partition coefficient (Wildman–Crippen LogP) is 5.64. The number of imide groups is 1. The van der Waals surface area contributed by atoms with Gasteiger partial charge in [-0.05, 0) is 62.0 Å². The van der Waals surface area contributed by atoms with E-state index < -0.39 is 11.9 Å². The van der Waals surface area contributed by atoms with Gasteiger partial charge in [0.25, 0.3) is 11.1 Å². The number of hydrogen-bond donors (Lipinski definition) is 0. The first-order valence-corrected chi connectivity index (χ1v) is 11.5. The van der Waals surface area contributed by atoms with Crippen LogP contribution in [0.1, 0.15) is 27.0 Å². The number of rotatable bonds is 7. The monoisotopic (exact) mass is 473 g/mol. The number of ether oxygens (including phenoxy) is 2. The molecule has 3 aromatic rings. The zero-order chi connectivity index (χ0) is 24.1. The van der Waals surface area contributed by atoms with Crippen molar-refractivity contribution in [2.75, 3.05) is 13.2 Å². The van der Waals surface area contributed by atoms with Gasteiger partial charge in [-0.15, -0.1) is 0 Å². The van der Waals surface area contributed by atoms with Crippen LogP contribution in [0.25, 0.3) is 6.08 Å². The van der Waals surface area contributed by atoms with Gasteiger partial charge in [0.15, 0.2) is 0 Å². The number of nitrogens with zero attached hydrogens (tertiary/aromatic N) is 1. The van der Waals surface area contributed by atoms with E-state index in [1.54, 1.807) is 42.5 Å². The molecule has 0 N–H and O–H groups in total. The maximum atomic E-state index is 12.8. The Morgan fingerprint density at radius 3 is 2.26 bits per heavy atom. The average molecular weight is 474 g/mol. The van der Waals surface area contributed by atoms with Crippen molar-refractivity contribution in [3.63, 3.8) is 0 Å². The van der Waals surface area contributed by atoms with Crippen LogP contribution in [-0.4, -0.2) is 35.2 Å². The SMILES string of the molecule is Cc1ccc(OCCN2C(=O)S/C(=C\c3ccccc3OC(=O)c3ccc(C)cc3)C2=O)cc1. The molecular formula is C27H23NO5S. The quantitative estimate of drug-likeness (QED) is 0.251. The van der Waals surface area contributed by atoms with Crippen molar-refractivity contribution < 1.29 is 23.9 Å². The minimum Gasteiger partial charge on any atom is -0.492 e. The summed E-state index contributed by atoms with van der Waals surface area (Å²) in [4.78, 5) is 39.2. The number of aryl methyl sites for hydroxylation is 2. The number of thioether (sulfide) groups is 1. The first kappa shape index (κ1) is 23.3. The highest BCUT2D eigenvalue weighted by molar-refractivity contribution is 8.18. The lowest BCUT2D eigenvalue weighted by Gasteiger charge is -2.13. The summed E-state index contributed by atoms with van der Waals surface area (Å²) >= 11 is 0.853. The fraction of sp³-hybridized carbons (Fsp3) is 0.148. The first-order valence-electron chi connectivity index (χ1n) is 10.7. The van der Waals surface area contributed by atoms with Gasteiger partial charge < -0.3 is 9.47 Å². The van der Waals surface area contributed by atoms with Gasteiger partial charge in [-0.25, -0.2) is 4.79 Å². The molecule has 1 fully saturated rings. The van der Waals surface area contributed by atoms with Crippen LogP contribution in [0.15, 0.2) is 77.7 Å². The summed E-state index contributed by atoms with van der Waals surface area (Å²) in [5.74, 6) is 0.0874. The molecule has 4 rings (SSSR count). The molecule has 7 heteroatoms. The van der Waals surface area contributed by atoms with Gasteiger partial charge in [0.1, 0.15) is 18.1 Å². The zero-order valence-corrected chi connectivity index (χ0v) is 19.6. The Labute approximate surface area is 202 Å². The maximum Gasteiger partial charge on any atom is 0.343 e. The summed E-state index contributed by atoms with van der Waals surface area (Å²) in [6.45, 7) is 4.25. The summed E-state index contributed by atoms with van der Waals surface area (Å²) in [5, 5.41) is -0.363. The van der Waals surface area contributed by atoms with Crippen molar-refractivity contribution in [2.45, 2.75) is 13.8 Å². The van der Waals surface area contributed by atoms with E-state index in [-0.39, 0.29) is 23.3 Å². The molecule has 0 saturated carbocycles. The first-order chi connectivity index (χ1) is 16.4. The van der Waals surface area contributed by atoms with Crippen LogP contribution in [0.4, 0.5) is 4.79 Å². The molecule has 2 amide bonds. The maximum absolute atomic E-state index is 12.8. The van der Waals surface area contributed by atoms with Gasteiger partial charge in [0, 0.05) is 5.56 Å². The van der Waals surface area contributed by atoms with Crippen molar-refractivity contribution in [2.24, 2.45) is 0 Å². The second-order valence-electron chi connectivity index (χ2n) is 7.79. The van der Waals surface area contributed by atoms with Crippen molar-refractivity contribution in [1.29, 1.82) is 0 Å². The third-order valence-corrected chi connectivity index (χ3v) is 6.08. The lowest BCUT2D eigenvalue weighted by atomic mass is 10.1. The topological polar surface area (TPSA) is 72.9 Å². The number of hydrogen-bond acceptors (Lipinski definition) is 6. The predicted molar refractivity (Wildman–Crippen MR) is 132 cm³/mol. The van der Waals surface area contributed by atoms with Crippen molar-refractivity contribution in [3.8, 4) is 11.5 Å². The summed E-state index contributed by atoms with van der Waals surface area (Å²) in [7, 11) is 0. The Morgan fingerprint density at radius 1 is 0.912 bits per heavy atom. The van der Waals surface area contributed by atoms with E-state index in [4.69, 9.17) is 9.47 Å². The Hall–Kier alpha value is -3.84. The number of esters is 1. The molecule has 0 radical (unpaired) electrons. The molecule has 3 aromatic carbocycles. The summed E-state index contributed by atoms with van der Waals surface area (Å²) in [5.41, 5.74) is 3.11. The molecule has 0 atom stereocenters. The molecule has 0 aliphatic carbocycles. The van der Waals surface area contributed by atoms with E-state index >= 15 is 0 Å². The van der Waals surface area contributed by atoms with Crippen molar-refractivity contribution >= 4 is 35.0 Å². The summed E-state index contributed by atoms with van der Waals surface area (Å²) in [6.07, 6.45) is 1.57. The largest absolute Gasteiger partial charge is 0.492 e. The van der Waals surface area contributed by atoms with Crippen LogP contribution < -0.4 is 9.47 Å². The van der Waals surface area contributed by atoms with Crippen LogP contribution in [0, 0.1) is 13.8 Å². The smallest absolute Gasteiger partial charge is 0.343 e. The Kier molecular flexibility index (Phi) is 7.13. The molecular weight excluding hydrogens is 450 g/mol.